The van der Waals surface area contributed by atoms with Crippen molar-refractivity contribution in [3.63, 3.8) is 0 Å². The molecule has 3 nitrogen and oxygen atoms in total. The Morgan fingerprint density at radius 1 is 1.64 bits per heavy atom. The van der Waals surface area contributed by atoms with Crippen LogP contribution in [-0.2, 0) is 9.53 Å². The van der Waals surface area contributed by atoms with E-state index in [0.717, 1.165) is 6.07 Å². The number of carbonyl (C=O) groups is 1. The lowest BCUT2D eigenvalue weighted by atomic mass is 10.1. The van der Waals surface area contributed by atoms with Crippen molar-refractivity contribution in [2.24, 2.45) is 5.73 Å². The molecule has 1 rings (SSSR count). The summed E-state index contributed by atoms with van der Waals surface area (Å²) in [7, 11) is 1.19. The Balaban J connectivity index is 3.05. The van der Waals surface area contributed by atoms with Gasteiger partial charge in [-0.3, -0.25) is 4.79 Å². The molecule has 1 atom stereocenters. The van der Waals surface area contributed by atoms with Crippen molar-refractivity contribution in [1.82, 2.24) is 0 Å². The second-order valence-corrected chi connectivity index (χ2v) is 3.10. The van der Waals surface area contributed by atoms with Crippen molar-refractivity contribution in [2.75, 3.05) is 7.11 Å². The van der Waals surface area contributed by atoms with Crippen molar-refractivity contribution < 1.29 is 13.9 Å². The average Bonchev–Trinajstić information content (AvgIpc) is 2.19. The van der Waals surface area contributed by atoms with Gasteiger partial charge in [-0.1, -0.05) is 11.6 Å². The molecule has 14 heavy (non-hydrogen) atoms. The molecule has 0 saturated heterocycles. The van der Waals surface area contributed by atoms with E-state index < -0.39 is 17.8 Å². The number of carbonyl (C=O) groups excluding carboxylic acids is 1. The molecule has 0 aliphatic carbocycles. The highest BCUT2D eigenvalue weighted by atomic mass is 35.5. The Morgan fingerprint density at radius 2 is 2.29 bits per heavy atom. The first-order valence-corrected chi connectivity index (χ1v) is 4.22. The number of hydrogen-bond donors (Lipinski definition) is 1. The maximum atomic E-state index is 13.2. The fourth-order valence-electron chi connectivity index (χ4n) is 1.01. The van der Waals surface area contributed by atoms with Crippen LogP contribution in [0.15, 0.2) is 18.2 Å². The largest absolute Gasteiger partial charge is 0.468 e. The fourth-order valence-corrected chi connectivity index (χ4v) is 1.19. The highest BCUT2D eigenvalue weighted by Gasteiger charge is 2.19. The van der Waals surface area contributed by atoms with E-state index in [-0.39, 0.29) is 5.56 Å². The average molecular weight is 218 g/mol. The van der Waals surface area contributed by atoms with Crippen molar-refractivity contribution in [3.8, 4) is 0 Å². The third-order valence-corrected chi connectivity index (χ3v) is 1.98. The molecular formula is C9H9ClFNO2. The SMILES string of the molecule is COC(=O)[C@@H](N)c1cc(Cl)ccc1F. The predicted octanol–water partition coefficient (Wildman–Crippen LogP) is 1.65. The normalized spacial score (nSPS) is 12.3. The summed E-state index contributed by atoms with van der Waals surface area (Å²) < 4.78 is 17.6. The number of esters is 1. The van der Waals surface area contributed by atoms with Crippen LogP contribution in [0, 0.1) is 5.82 Å². The van der Waals surface area contributed by atoms with E-state index in [0.29, 0.717) is 5.02 Å². The van der Waals surface area contributed by atoms with Crippen molar-refractivity contribution >= 4 is 17.6 Å². The third-order valence-electron chi connectivity index (χ3n) is 1.75. The van der Waals surface area contributed by atoms with E-state index in [2.05, 4.69) is 4.74 Å². The minimum Gasteiger partial charge on any atom is -0.468 e. The van der Waals surface area contributed by atoms with Gasteiger partial charge in [0.1, 0.15) is 11.9 Å². The fraction of sp³-hybridized carbons (Fsp3) is 0.222. The highest BCUT2D eigenvalue weighted by molar-refractivity contribution is 6.30. The van der Waals surface area contributed by atoms with Crippen LogP contribution in [-0.4, -0.2) is 13.1 Å². The second kappa shape index (κ2) is 4.39. The van der Waals surface area contributed by atoms with Crippen LogP contribution in [0.25, 0.3) is 0 Å². The topological polar surface area (TPSA) is 52.3 Å². The summed E-state index contributed by atoms with van der Waals surface area (Å²) in [5, 5.41) is 0.320. The van der Waals surface area contributed by atoms with Crippen LogP contribution in [0.2, 0.25) is 5.02 Å². The minimum atomic E-state index is -1.14. The van der Waals surface area contributed by atoms with Crippen molar-refractivity contribution in [3.05, 3.63) is 34.6 Å². The zero-order valence-corrected chi connectivity index (χ0v) is 8.22. The number of benzene rings is 1. The standard InChI is InChI=1S/C9H9ClFNO2/c1-14-9(13)8(12)6-4-5(10)2-3-7(6)11/h2-4,8H,12H2,1H3/t8-/m0/s1. The molecule has 5 heteroatoms. The van der Waals surface area contributed by atoms with Gasteiger partial charge in [-0.25, -0.2) is 4.39 Å². The minimum absolute atomic E-state index is 0.0318. The lowest BCUT2D eigenvalue weighted by molar-refractivity contribution is -0.142. The molecule has 0 fully saturated rings. The number of hydrogen-bond acceptors (Lipinski definition) is 3. The Bertz CT molecular complexity index is 357. The van der Waals surface area contributed by atoms with Crippen molar-refractivity contribution in [2.45, 2.75) is 6.04 Å². The van der Waals surface area contributed by atoms with Gasteiger partial charge in [0, 0.05) is 10.6 Å². The molecule has 76 valence electrons. The number of methoxy groups -OCH3 is 1. The number of ether oxygens (including phenoxy) is 1. The smallest absolute Gasteiger partial charge is 0.327 e. The van der Waals surface area contributed by atoms with E-state index >= 15 is 0 Å². The molecular weight excluding hydrogens is 209 g/mol. The van der Waals surface area contributed by atoms with E-state index in [4.69, 9.17) is 17.3 Å². The molecule has 0 aromatic heterocycles. The molecule has 0 heterocycles. The summed E-state index contributed by atoms with van der Waals surface area (Å²) in [5.74, 6) is -1.28. The summed E-state index contributed by atoms with van der Waals surface area (Å²) in [5.41, 5.74) is 5.48. The van der Waals surface area contributed by atoms with Gasteiger partial charge >= 0.3 is 5.97 Å². The Morgan fingerprint density at radius 3 is 2.86 bits per heavy atom. The van der Waals surface area contributed by atoms with Crippen LogP contribution in [0.4, 0.5) is 4.39 Å². The predicted molar refractivity (Wildman–Crippen MR) is 50.4 cm³/mol. The summed E-state index contributed by atoms with van der Waals surface area (Å²) in [6.45, 7) is 0. The monoisotopic (exact) mass is 217 g/mol. The molecule has 2 N–H and O–H groups in total. The van der Waals surface area contributed by atoms with E-state index in [1.165, 1.54) is 19.2 Å². The number of nitrogens with two attached hydrogens (primary N) is 1. The molecule has 0 unspecified atom stereocenters. The number of halogens is 2. The first-order valence-electron chi connectivity index (χ1n) is 3.84. The molecule has 1 aromatic carbocycles. The lowest BCUT2D eigenvalue weighted by Gasteiger charge is -2.10. The van der Waals surface area contributed by atoms with Gasteiger partial charge in [-0.2, -0.15) is 0 Å². The highest BCUT2D eigenvalue weighted by Crippen LogP contribution is 2.20. The van der Waals surface area contributed by atoms with Gasteiger partial charge in [0.15, 0.2) is 0 Å². The summed E-state index contributed by atoms with van der Waals surface area (Å²) >= 11 is 5.63. The molecule has 0 aliphatic rings. The first kappa shape index (κ1) is 10.9. The van der Waals surface area contributed by atoms with Crippen LogP contribution in [0.3, 0.4) is 0 Å². The lowest BCUT2D eigenvalue weighted by Crippen LogP contribution is -2.23. The molecule has 0 saturated carbocycles. The van der Waals surface area contributed by atoms with Gasteiger partial charge in [0.05, 0.1) is 7.11 Å². The van der Waals surface area contributed by atoms with Crippen LogP contribution in [0.5, 0.6) is 0 Å². The maximum absolute atomic E-state index is 13.2. The van der Waals surface area contributed by atoms with Crippen molar-refractivity contribution in [1.29, 1.82) is 0 Å². The van der Waals surface area contributed by atoms with E-state index in [1.54, 1.807) is 0 Å². The van der Waals surface area contributed by atoms with Crippen LogP contribution >= 0.6 is 11.6 Å². The van der Waals surface area contributed by atoms with Crippen LogP contribution < -0.4 is 5.73 Å². The molecule has 1 aromatic rings. The second-order valence-electron chi connectivity index (χ2n) is 2.67. The summed E-state index contributed by atoms with van der Waals surface area (Å²) in [4.78, 5) is 11.0. The first-order chi connectivity index (χ1) is 6.56. The van der Waals surface area contributed by atoms with E-state index in [1.807, 2.05) is 0 Å². The Kier molecular flexibility index (Phi) is 3.43. The maximum Gasteiger partial charge on any atom is 0.327 e. The number of rotatable bonds is 2. The van der Waals surface area contributed by atoms with Crippen LogP contribution in [0.1, 0.15) is 11.6 Å². The van der Waals surface area contributed by atoms with Gasteiger partial charge in [-0.05, 0) is 18.2 Å². The summed E-state index contributed by atoms with van der Waals surface area (Å²) in [6, 6.07) is 2.70. The molecule has 0 amide bonds. The molecule has 0 aliphatic heterocycles. The third kappa shape index (κ3) is 2.21. The molecule has 0 spiro atoms. The van der Waals surface area contributed by atoms with E-state index in [9.17, 15) is 9.18 Å². The van der Waals surface area contributed by atoms with Gasteiger partial charge in [-0.15, -0.1) is 0 Å². The van der Waals surface area contributed by atoms with Gasteiger partial charge < -0.3 is 10.5 Å². The van der Waals surface area contributed by atoms with Gasteiger partial charge in [0.25, 0.3) is 0 Å². The Labute approximate surface area is 85.6 Å². The zero-order chi connectivity index (χ0) is 10.7. The summed E-state index contributed by atoms with van der Waals surface area (Å²) in [6.07, 6.45) is 0. The molecule has 0 bridgehead atoms. The quantitative estimate of drug-likeness (QED) is 0.767. The Hall–Kier alpha value is -1.13. The zero-order valence-electron chi connectivity index (χ0n) is 7.46. The molecule has 0 radical (unpaired) electrons. The van der Waals surface area contributed by atoms with Gasteiger partial charge in [0.2, 0.25) is 0 Å².